The molecule has 3 aromatic carbocycles. The lowest BCUT2D eigenvalue weighted by Crippen LogP contribution is -2.21. The van der Waals surface area contributed by atoms with Crippen LogP contribution in [0.15, 0.2) is 72.8 Å². The van der Waals surface area contributed by atoms with Crippen LogP contribution in [0.3, 0.4) is 0 Å². The van der Waals surface area contributed by atoms with Gasteiger partial charge < -0.3 is 10.1 Å². The number of nitriles is 1. The molecule has 6 nitrogen and oxygen atoms in total. The zero-order chi connectivity index (χ0) is 20.9. The smallest absolute Gasteiger partial charge is 0.339 e. The summed E-state index contributed by atoms with van der Waals surface area (Å²) in [4.78, 5) is 29.4. The Morgan fingerprint density at radius 2 is 1.73 bits per heavy atom. The third-order valence-electron chi connectivity index (χ3n) is 4.33. The van der Waals surface area contributed by atoms with E-state index in [4.69, 9.17) is 10.00 Å². The Hall–Kier alpha value is -4.02. The number of para-hydroxylation sites is 2. The van der Waals surface area contributed by atoms with E-state index >= 15 is 0 Å². The number of rotatable bonds is 5. The number of carbonyl (C=O) groups is 2. The monoisotopic (exact) mass is 413 g/mol. The van der Waals surface area contributed by atoms with Gasteiger partial charge in [-0.15, -0.1) is 11.3 Å². The molecule has 0 aliphatic rings. The normalized spacial score (nSPS) is 10.4. The summed E-state index contributed by atoms with van der Waals surface area (Å²) in [6, 6.07) is 23.4. The average Bonchev–Trinajstić information content (AvgIpc) is 3.22. The van der Waals surface area contributed by atoms with Gasteiger partial charge in [0.25, 0.3) is 5.91 Å². The summed E-state index contributed by atoms with van der Waals surface area (Å²) in [5.41, 5.74) is 2.55. The van der Waals surface area contributed by atoms with Crippen molar-refractivity contribution in [3.05, 3.63) is 83.9 Å². The van der Waals surface area contributed by atoms with Crippen LogP contribution >= 0.6 is 11.3 Å². The van der Waals surface area contributed by atoms with Gasteiger partial charge in [-0.2, -0.15) is 5.26 Å². The van der Waals surface area contributed by atoms with E-state index in [-0.39, 0.29) is 0 Å². The quantitative estimate of drug-likeness (QED) is 0.482. The van der Waals surface area contributed by atoms with Crippen LogP contribution in [-0.4, -0.2) is 23.5 Å². The molecule has 4 aromatic rings. The van der Waals surface area contributed by atoms with E-state index in [1.54, 1.807) is 42.5 Å². The van der Waals surface area contributed by atoms with Crippen molar-refractivity contribution < 1.29 is 14.3 Å². The molecule has 1 aromatic heterocycles. The van der Waals surface area contributed by atoms with Crippen LogP contribution < -0.4 is 5.32 Å². The van der Waals surface area contributed by atoms with Crippen LogP contribution in [0.25, 0.3) is 20.8 Å². The standard InChI is InChI=1S/C23H15N3O3S/c24-13-15-7-1-4-10-18(15)25-21(27)14-29-23(28)17-9-3-2-8-16(17)22-26-19-11-5-6-12-20(19)30-22/h1-12H,14H2,(H,25,27). The summed E-state index contributed by atoms with van der Waals surface area (Å²) < 4.78 is 6.23. The minimum atomic E-state index is -0.617. The molecule has 0 saturated carbocycles. The van der Waals surface area contributed by atoms with E-state index in [0.717, 1.165) is 10.2 Å². The van der Waals surface area contributed by atoms with Crippen molar-refractivity contribution in [1.29, 1.82) is 5.26 Å². The highest BCUT2D eigenvalue weighted by Crippen LogP contribution is 2.32. The fourth-order valence-corrected chi connectivity index (χ4v) is 3.92. The van der Waals surface area contributed by atoms with Crippen molar-refractivity contribution >= 4 is 39.1 Å². The number of carbonyl (C=O) groups excluding carboxylic acids is 2. The number of ether oxygens (including phenoxy) is 1. The lowest BCUT2D eigenvalue weighted by atomic mass is 10.1. The molecule has 0 radical (unpaired) electrons. The van der Waals surface area contributed by atoms with Crippen LogP contribution in [0.4, 0.5) is 5.69 Å². The number of aromatic nitrogens is 1. The first kappa shape index (κ1) is 19.3. The molecule has 0 aliphatic heterocycles. The summed E-state index contributed by atoms with van der Waals surface area (Å²) in [5.74, 6) is -1.14. The summed E-state index contributed by atoms with van der Waals surface area (Å²) >= 11 is 1.48. The number of amides is 1. The Morgan fingerprint density at radius 3 is 2.57 bits per heavy atom. The molecule has 7 heteroatoms. The van der Waals surface area contributed by atoms with Gasteiger partial charge >= 0.3 is 5.97 Å². The first-order chi connectivity index (χ1) is 14.7. The van der Waals surface area contributed by atoms with Crippen molar-refractivity contribution in [3.63, 3.8) is 0 Å². The van der Waals surface area contributed by atoms with E-state index in [0.29, 0.717) is 27.4 Å². The third kappa shape index (κ3) is 4.04. The van der Waals surface area contributed by atoms with E-state index in [9.17, 15) is 9.59 Å². The number of nitrogens with one attached hydrogen (secondary N) is 1. The van der Waals surface area contributed by atoms with Gasteiger partial charge in [-0.1, -0.05) is 42.5 Å². The van der Waals surface area contributed by atoms with Gasteiger partial charge in [0.2, 0.25) is 0 Å². The Balaban J connectivity index is 1.49. The van der Waals surface area contributed by atoms with Crippen LogP contribution in [0.5, 0.6) is 0 Å². The second-order valence-corrected chi connectivity index (χ2v) is 7.34. The average molecular weight is 413 g/mol. The fourth-order valence-electron chi connectivity index (χ4n) is 2.92. The zero-order valence-corrected chi connectivity index (χ0v) is 16.5. The minimum absolute atomic E-state index is 0.332. The predicted molar refractivity (Wildman–Crippen MR) is 115 cm³/mol. The highest BCUT2D eigenvalue weighted by molar-refractivity contribution is 7.21. The molecule has 1 N–H and O–H groups in total. The molecule has 0 saturated heterocycles. The fraction of sp³-hybridized carbons (Fsp3) is 0.0435. The number of fused-ring (bicyclic) bond motifs is 1. The van der Waals surface area contributed by atoms with Crippen molar-refractivity contribution in [3.8, 4) is 16.6 Å². The predicted octanol–water partition coefficient (Wildman–Crippen LogP) is 4.63. The van der Waals surface area contributed by atoms with Gasteiger partial charge in [0.05, 0.1) is 27.0 Å². The van der Waals surface area contributed by atoms with Crippen molar-refractivity contribution in [2.24, 2.45) is 0 Å². The zero-order valence-electron chi connectivity index (χ0n) is 15.7. The van der Waals surface area contributed by atoms with Crippen LogP contribution in [-0.2, 0) is 9.53 Å². The van der Waals surface area contributed by atoms with Crippen molar-refractivity contribution in [2.45, 2.75) is 0 Å². The second kappa shape index (κ2) is 8.55. The highest BCUT2D eigenvalue weighted by Gasteiger charge is 2.18. The van der Waals surface area contributed by atoms with E-state index < -0.39 is 18.5 Å². The lowest BCUT2D eigenvalue weighted by molar-refractivity contribution is -0.119. The highest BCUT2D eigenvalue weighted by atomic mass is 32.1. The molecular weight excluding hydrogens is 398 g/mol. The molecule has 146 valence electrons. The number of nitrogens with zero attached hydrogens (tertiary/aromatic N) is 2. The third-order valence-corrected chi connectivity index (χ3v) is 5.40. The van der Waals surface area contributed by atoms with Crippen LogP contribution in [0, 0.1) is 11.3 Å². The Kier molecular flexibility index (Phi) is 5.50. The Labute approximate surface area is 176 Å². The molecule has 0 spiro atoms. The molecule has 4 rings (SSSR count). The lowest BCUT2D eigenvalue weighted by Gasteiger charge is -2.09. The van der Waals surface area contributed by atoms with Crippen molar-refractivity contribution in [2.75, 3.05) is 11.9 Å². The first-order valence-corrected chi connectivity index (χ1v) is 9.88. The van der Waals surface area contributed by atoms with Gasteiger partial charge in [-0.25, -0.2) is 9.78 Å². The molecule has 0 aliphatic carbocycles. The van der Waals surface area contributed by atoms with Crippen LogP contribution in [0.1, 0.15) is 15.9 Å². The number of anilines is 1. The molecule has 1 amide bonds. The topological polar surface area (TPSA) is 92.1 Å². The molecule has 0 fully saturated rings. The molecular formula is C23H15N3O3S. The van der Waals surface area contributed by atoms with Gasteiger partial charge in [-0.05, 0) is 30.3 Å². The van der Waals surface area contributed by atoms with Crippen molar-refractivity contribution in [1.82, 2.24) is 4.98 Å². The van der Waals surface area contributed by atoms with E-state index in [1.165, 1.54) is 11.3 Å². The van der Waals surface area contributed by atoms with Gasteiger partial charge in [-0.3, -0.25) is 4.79 Å². The summed E-state index contributed by atoms with van der Waals surface area (Å²) in [6.07, 6.45) is 0. The molecule has 0 bridgehead atoms. The summed E-state index contributed by atoms with van der Waals surface area (Å²) in [5, 5.41) is 12.4. The number of esters is 1. The Morgan fingerprint density at radius 1 is 1.00 bits per heavy atom. The van der Waals surface area contributed by atoms with Crippen LogP contribution in [0.2, 0.25) is 0 Å². The van der Waals surface area contributed by atoms with Gasteiger partial charge in [0.15, 0.2) is 6.61 Å². The number of thiazole rings is 1. The second-order valence-electron chi connectivity index (χ2n) is 6.31. The summed E-state index contributed by atoms with van der Waals surface area (Å²) in [7, 11) is 0. The number of hydrogen-bond donors (Lipinski definition) is 1. The molecule has 1 heterocycles. The first-order valence-electron chi connectivity index (χ1n) is 9.07. The number of benzene rings is 3. The summed E-state index contributed by atoms with van der Waals surface area (Å²) in [6.45, 7) is -0.466. The minimum Gasteiger partial charge on any atom is -0.452 e. The molecule has 30 heavy (non-hydrogen) atoms. The van der Waals surface area contributed by atoms with Gasteiger partial charge in [0.1, 0.15) is 11.1 Å². The Bertz CT molecular complexity index is 1260. The molecule has 0 unspecified atom stereocenters. The number of hydrogen-bond acceptors (Lipinski definition) is 6. The maximum atomic E-state index is 12.7. The van der Waals surface area contributed by atoms with E-state index in [2.05, 4.69) is 10.3 Å². The maximum Gasteiger partial charge on any atom is 0.339 e. The van der Waals surface area contributed by atoms with E-state index in [1.807, 2.05) is 36.4 Å². The largest absolute Gasteiger partial charge is 0.452 e. The maximum absolute atomic E-state index is 12.7. The molecule has 0 atom stereocenters. The SMILES string of the molecule is N#Cc1ccccc1NC(=O)COC(=O)c1ccccc1-c1nc2ccccc2s1. The van der Waals surface area contributed by atoms with Gasteiger partial charge in [0, 0.05) is 5.56 Å².